The zero-order chi connectivity index (χ0) is 16.8. The van der Waals surface area contributed by atoms with Gasteiger partial charge in [0.25, 0.3) is 0 Å². The molecule has 1 aromatic carbocycles. The average molecular weight is 361 g/mol. The molecule has 1 rings (SSSR count). The molecule has 23 heavy (non-hydrogen) atoms. The summed E-state index contributed by atoms with van der Waals surface area (Å²) in [4.78, 5) is 13.5. The predicted octanol–water partition coefficient (Wildman–Crippen LogP) is 3.48. The Morgan fingerprint density at radius 2 is 1.87 bits per heavy atom. The maximum atomic E-state index is 12.4. The third kappa shape index (κ3) is 7.46. The molecule has 0 aliphatic heterocycles. The minimum absolute atomic E-state index is 0. The van der Waals surface area contributed by atoms with Crippen LogP contribution >= 0.6 is 24.2 Å². The van der Waals surface area contributed by atoms with Gasteiger partial charge in [-0.1, -0.05) is 13.8 Å². The number of methoxy groups -OCH3 is 1. The smallest absolute Gasteiger partial charge is 0.233 e. The molecular weight excluding hydrogens is 332 g/mol. The lowest BCUT2D eigenvalue weighted by atomic mass is 9.90. The van der Waals surface area contributed by atoms with Gasteiger partial charge in [0.05, 0.1) is 12.4 Å². The Hall–Kier alpha value is -0.910. The lowest BCUT2D eigenvalue weighted by molar-refractivity contribution is -0.122. The van der Waals surface area contributed by atoms with Gasteiger partial charge in [-0.15, -0.1) is 24.2 Å². The van der Waals surface area contributed by atoms with E-state index in [4.69, 9.17) is 10.5 Å². The average Bonchev–Trinajstić information content (AvgIpc) is 2.47. The molecule has 6 heteroatoms. The van der Waals surface area contributed by atoms with Crippen molar-refractivity contribution in [3.05, 3.63) is 24.3 Å². The molecule has 2 atom stereocenters. The van der Waals surface area contributed by atoms with Gasteiger partial charge < -0.3 is 15.8 Å². The number of halogens is 1. The van der Waals surface area contributed by atoms with Crippen LogP contribution in [0.5, 0.6) is 5.75 Å². The SMILES string of the molecule is COc1ccc(SC(C)C(=O)NC(C)(CN)CC(C)C)cc1.Cl. The van der Waals surface area contributed by atoms with Crippen LogP contribution in [0.25, 0.3) is 0 Å². The first kappa shape index (κ1) is 22.1. The van der Waals surface area contributed by atoms with E-state index in [-0.39, 0.29) is 29.1 Å². The Labute approximate surface area is 150 Å². The summed E-state index contributed by atoms with van der Waals surface area (Å²) in [6, 6.07) is 7.72. The van der Waals surface area contributed by atoms with Crippen LogP contribution < -0.4 is 15.8 Å². The molecule has 0 aliphatic rings. The normalized spacial score (nSPS) is 14.6. The molecule has 0 heterocycles. The maximum absolute atomic E-state index is 12.4. The fourth-order valence-corrected chi connectivity index (χ4v) is 3.26. The van der Waals surface area contributed by atoms with Crippen LogP contribution in [0.2, 0.25) is 0 Å². The van der Waals surface area contributed by atoms with Crippen molar-refractivity contribution in [2.24, 2.45) is 11.7 Å². The highest BCUT2D eigenvalue weighted by Crippen LogP contribution is 2.26. The number of rotatable bonds is 8. The lowest BCUT2D eigenvalue weighted by Gasteiger charge is -2.32. The molecule has 132 valence electrons. The summed E-state index contributed by atoms with van der Waals surface area (Å²) in [6.45, 7) is 8.63. The Kier molecular flexibility index (Phi) is 9.66. The third-order valence-corrected chi connectivity index (χ3v) is 4.59. The fraction of sp³-hybridized carbons (Fsp3) is 0.588. The number of ether oxygens (including phenoxy) is 1. The van der Waals surface area contributed by atoms with E-state index in [1.54, 1.807) is 7.11 Å². The first-order chi connectivity index (χ1) is 10.3. The van der Waals surface area contributed by atoms with E-state index < -0.39 is 0 Å². The first-order valence-corrected chi connectivity index (χ1v) is 8.50. The number of benzene rings is 1. The van der Waals surface area contributed by atoms with Crippen LogP contribution in [0.4, 0.5) is 0 Å². The number of thioether (sulfide) groups is 1. The summed E-state index contributed by atoms with van der Waals surface area (Å²) in [6.07, 6.45) is 0.870. The molecule has 0 fully saturated rings. The highest BCUT2D eigenvalue weighted by Gasteiger charge is 2.28. The Balaban J connectivity index is 0.00000484. The van der Waals surface area contributed by atoms with Gasteiger partial charge in [0.1, 0.15) is 5.75 Å². The summed E-state index contributed by atoms with van der Waals surface area (Å²) in [5, 5.41) is 2.93. The van der Waals surface area contributed by atoms with E-state index in [0.29, 0.717) is 12.5 Å². The summed E-state index contributed by atoms with van der Waals surface area (Å²) in [5.74, 6) is 1.32. The second-order valence-electron chi connectivity index (χ2n) is 6.29. The highest BCUT2D eigenvalue weighted by atomic mass is 35.5. The highest BCUT2D eigenvalue weighted by molar-refractivity contribution is 8.00. The first-order valence-electron chi connectivity index (χ1n) is 7.62. The van der Waals surface area contributed by atoms with E-state index in [1.165, 1.54) is 11.8 Å². The van der Waals surface area contributed by atoms with Crippen LogP contribution in [0.1, 0.15) is 34.1 Å². The molecule has 1 aromatic rings. The molecule has 0 saturated carbocycles. The number of nitrogens with one attached hydrogen (secondary N) is 1. The maximum Gasteiger partial charge on any atom is 0.233 e. The molecule has 1 amide bonds. The summed E-state index contributed by atoms with van der Waals surface area (Å²) in [7, 11) is 1.64. The minimum Gasteiger partial charge on any atom is -0.497 e. The van der Waals surface area contributed by atoms with Gasteiger partial charge in [0.15, 0.2) is 0 Å². The van der Waals surface area contributed by atoms with E-state index >= 15 is 0 Å². The Morgan fingerprint density at radius 1 is 1.30 bits per heavy atom. The van der Waals surface area contributed by atoms with Crippen molar-refractivity contribution in [3.63, 3.8) is 0 Å². The van der Waals surface area contributed by atoms with Gasteiger partial charge in [0.2, 0.25) is 5.91 Å². The molecule has 0 saturated heterocycles. The molecule has 2 unspecified atom stereocenters. The summed E-state index contributed by atoms with van der Waals surface area (Å²) < 4.78 is 5.14. The minimum atomic E-state index is -0.347. The van der Waals surface area contributed by atoms with Crippen LogP contribution in [0.3, 0.4) is 0 Å². The number of carbonyl (C=O) groups is 1. The van der Waals surface area contributed by atoms with Crippen LogP contribution in [-0.4, -0.2) is 30.4 Å². The van der Waals surface area contributed by atoms with Gasteiger partial charge >= 0.3 is 0 Å². The molecular formula is C17H29ClN2O2S. The zero-order valence-corrected chi connectivity index (χ0v) is 16.2. The van der Waals surface area contributed by atoms with Gasteiger partial charge in [-0.3, -0.25) is 4.79 Å². The second-order valence-corrected chi connectivity index (χ2v) is 7.70. The quantitative estimate of drug-likeness (QED) is 0.696. The molecule has 3 N–H and O–H groups in total. The fourth-order valence-electron chi connectivity index (χ4n) is 2.40. The number of carbonyl (C=O) groups excluding carboxylic acids is 1. The molecule has 0 aromatic heterocycles. The predicted molar refractivity (Wildman–Crippen MR) is 101 cm³/mol. The zero-order valence-electron chi connectivity index (χ0n) is 14.6. The van der Waals surface area contributed by atoms with Crippen molar-refractivity contribution >= 4 is 30.1 Å². The van der Waals surface area contributed by atoms with Crippen molar-refractivity contribution in [3.8, 4) is 5.75 Å². The Bertz CT molecular complexity index is 482. The Morgan fingerprint density at radius 3 is 2.30 bits per heavy atom. The second kappa shape index (κ2) is 10.1. The number of hydrogen-bond donors (Lipinski definition) is 2. The number of amides is 1. The third-order valence-electron chi connectivity index (χ3n) is 3.48. The molecule has 0 radical (unpaired) electrons. The van der Waals surface area contributed by atoms with Crippen LogP contribution in [0.15, 0.2) is 29.2 Å². The van der Waals surface area contributed by atoms with Gasteiger partial charge in [-0.25, -0.2) is 0 Å². The van der Waals surface area contributed by atoms with Crippen LogP contribution in [0, 0.1) is 5.92 Å². The lowest BCUT2D eigenvalue weighted by Crippen LogP contribution is -2.54. The van der Waals surface area contributed by atoms with Gasteiger partial charge in [0, 0.05) is 17.0 Å². The van der Waals surface area contributed by atoms with Crippen molar-refractivity contribution in [1.29, 1.82) is 0 Å². The van der Waals surface area contributed by atoms with Crippen molar-refractivity contribution < 1.29 is 9.53 Å². The largest absolute Gasteiger partial charge is 0.497 e. The van der Waals surface area contributed by atoms with Gasteiger partial charge in [-0.05, 0) is 50.5 Å². The molecule has 0 spiro atoms. The van der Waals surface area contributed by atoms with E-state index in [2.05, 4.69) is 19.2 Å². The monoisotopic (exact) mass is 360 g/mol. The van der Waals surface area contributed by atoms with Crippen molar-refractivity contribution in [2.45, 2.75) is 49.8 Å². The topological polar surface area (TPSA) is 64.3 Å². The van der Waals surface area contributed by atoms with E-state index in [1.807, 2.05) is 38.1 Å². The summed E-state index contributed by atoms with van der Waals surface area (Å²) >= 11 is 1.53. The number of nitrogens with two attached hydrogens (primary N) is 1. The molecule has 0 aliphatic carbocycles. The van der Waals surface area contributed by atoms with E-state index in [9.17, 15) is 4.79 Å². The molecule has 4 nitrogen and oxygen atoms in total. The van der Waals surface area contributed by atoms with Crippen molar-refractivity contribution in [2.75, 3.05) is 13.7 Å². The molecule has 0 bridgehead atoms. The number of hydrogen-bond acceptors (Lipinski definition) is 4. The van der Waals surface area contributed by atoms with E-state index in [0.717, 1.165) is 17.1 Å². The van der Waals surface area contributed by atoms with Gasteiger partial charge in [-0.2, -0.15) is 0 Å². The van der Waals surface area contributed by atoms with Crippen LogP contribution in [-0.2, 0) is 4.79 Å². The van der Waals surface area contributed by atoms with Crippen molar-refractivity contribution in [1.82, 2.24) is 5.32 Å². The summed E-state index contributed by atoms with van der Waals surface area (Å²) in [5.41, 5.74) is 5.51. The standard InChI is InChI=1S/C17H28N2O2S.ClH/c1-12(2)10-17(4,11-18)19-16(20)13(3)22-15-8-6-14(21-5)7-9-15;/h6-9,12-13H,10-11,18H2,1-5H3,(H,19,20);1H.